The molecule has 1 heterocycles. The topological polar surface area (TPSA) is 71.3 Å². The minimum absolute atomic E-state index is 0.0732. The first-order valence-corrected chi connectivity index (χ1v) is 8.37. The Bertz CT molecular complexity index is 777. The predicted molar refractivity (Wildman–Crippen MR) is 92.5 cm³/mol. The zero-order valence-corrected chi connectivity index (χ0v) is 14.1. The lowest BCUT2D eigenvalue weighted by Crippen LogP contribution is -2.17. The third-order valence-corrected chi connectivity index (χ3v) is 4.34. The number of carbonyl (C=O) groups excluding carboxylic acids is 2. The molecule has 1 aromatic carbocycles. The molecule has 0 saturated carbocycles. The fourth-order valence-corrected chi connectivity index (χ4v) is 3.10. The fraction of sp³-hybridized carbons (Fsp3) is 0.368. The lowest BCUT2D eigenvalue weighted by Gasteiger charge is -2.10. The van der Waals surface area contributed by atoms with E-state index in [2.05, 4.69) is 10.6 Å². The number of rotatable bonds is 5. The molecular weight excluding hydrogens is 304 g/mol. The molecule has 126 valence electrons. The van der Waals surface area contributed by atoms with Gasteiger partial charge in [0.25, 0.3) is 5.91 Å². The lowest BCUT2D eigenvalue weighted by atomic mass is 9.94. The highest BCUT2D eigenvalue weighted by Crippen LogP contribution is 2.30. The number of fused-ring (bicyclic) bond motifs is 1. The van der Waals surface area contributed by atoms with Crippen LogP contribution in [0.1, 0.15) is 57.6 Å². The van der Waals surface area contributed by atoms with Gasteiger partial charge in [0, 0.05) is 30.6 Å². The third-order valence-electron chi connectivity index (χ3n) is 4.34. The van der Waals surface area contributed by atoms with E-state index < -0.39 is 0 Å². The van der Waals surface area contributed by atoms with Gasteiger partial charge in [-0.3, -0.25) is 9.59 Å². The van der Waals surface area contributed by atoms with Crippen molar-refractivity contribution in [1.82, 2.24) is 5.32 Å². The average molecular weight is 326 g/mol. The van der Waals surface area contributed by atoms with Crippen LogP contribution in [-0.4, -0.2) is 18.2 Å². The molecule has 0 spiro atoms. The minimum Gasteiger partial charge on any atom is -0.455 e. The van der Waals surface area contributed by atoms with Crippen LogP contribution in [0.15, 0.2) is 28.7 Å². The average Bonchev–Trinajstić information content (AvgIpc) is 2.92. The van der Waals surface area contributed by atoms with Gasteiger partial charge in [-0.15, -0.1) is 0 Å². The van der Waals surface area contributed by atoms with Crippen LogP contribution in [0.2, 0.25) is 0 Å². The Balaban J connectivity index is 1.85. The minimum atomic E-state index is -0.307. The number of para-hydroxylation sites is 1. The summed E-state index contributed by atoms with van der Waals surface area (Å²) < 4.78 is 5.71. The van der Waals surface area contributed by atoms with Gasteiger partial charge < -0.3 is 15.1 Å². The summed E-state index contributed by atoms with van der Waals surface area (Å²) in [5.74, 6) is 0.658. The highest BCUT2D eigenvalue weighted by atomic mass is 16.4. The Morgan fingerprint density at radius 1 is 1.25 bits per heavy atom. The number of Topliss-reactive ketones (excluding diaryl/α,β-unsaturated/α-hetero) is 1. The number of anilines is 1. The molecule has 1 aliphatic carbocycles. The zero-order chi connectivity index (χ0) is 17.1. The maximum atomic E-state index is 12.6. The SMILES string of the molecule is CCNCc1ccccc1NC(=O)c1oc2c(c1C)C(=O)CCC2. The Morgan fingerprint density at radius 2 is 2.04 bits per heavy atom. The second-order valence-electron chi connectivity index (χ2n) is 6.02. The molecule has 0 saturated heterocycles. The van der Waals surface area contributed by atoms with Crippen LogP contribution in [0, 0.1) is 6.92 Å². The molecule has 2 aromatic rings. The molecule has 5 heteroatoms. The van der Waals surface area contributed by atoms with Crippen LogP contribution < -0.4 is 10.6 Å². The number of hydrogen-bond acceptors (Lipinski definition) is 4. The summed E-state index contributed by atoms with van der Waals surface area (Å²) in [5.41, 5.74) is 3.02. The standard InChI is InChI=1S/C19H22N2O3/c1-3-20-11-13-7-4-5-8-14(13)21-19(23)18-12(2)17-15(22)9-6-10-16(17)24-18/h4-5,7-8,20H,3,6,9-11H2,1-2H3,(H,21,23). The molecule has 0 bridgehead atoms. The van der Waals surface area contributed by atoms with E-state index in [9.17, 15) is 9.59 Å². The van der Waals surface area contributed by atoms with E-state index in [1.165, 1.54) is 0 Å². The van der Waals surface area contributed by atoms with Gasteiger partial charge in [-0.2, -0.15) is 0 Å². The molecule has 0 radical (unpaired) electrons. The van der Waals surface area contributed by atoms with Gasteiger partial charge >= 0.3 is 0 Å². The monoisotopic (exact) mass is 326 g/mol. The Hall–Kier alpha value is -2.40. The van der Waals surface area contributed by atoms with Gasteiger partial charge in [-0.25, -0.2) is 0 Å². The highest BCUT2D eigenvalue weighted by Gasteiger charge is 2.28. The van der Waals surface area contributed by atoms with Gasteiger partial charge in [-0.05, 0) is 31.5 Å². The number of benzene rings is 1. The lowest BCUT2D eigenvalue weighted by molar-refractivity contribution is 0.0963. The molecule has 0 fully saturated rings. The number of carbonyl (C=O) groups is 2. The maximum Gasteiger partial charge on any atom is 0.291 e. The zero-order valence-electron chi connectivity index (χ0n) is 14.1. The smallest absolute Gasteiger partial charge is 0.291 e. The molecule has 3 rings (SSSR count). The van der Waals surface area contributed by atoms with E-state index in [-0.39, 0.29) is 17.5 Å². The van der Waals surface area contributed by atoms with Gasteiger partial charge in [0.15, 0.2) is 11.5 Å². The maximum absolute atomic E-state index is 12.6. The number of aryl methyl sites for hydroxylation is 1. The van der Waals surface area contributed by atoms with E-state index in [4.69, 9.17) is 4.42 Å². The van der Waals surface area contributed by atoms with Gasteiger partial charge in [0.05, 0.1) is 5.56 Å². The third kappa shape index (κ3) is 3.12. The largest absolute Gasteiger partial charge is 0.455 e. The molecule has 0 aliphatic heterocycles. The number of furan rings is 1. The van der Waals surface area contributed by atoms with Crippen LogP contribution in [0.25, 0.3) is 0 Å². The van der Waals surface area contributed by atoms with Crippen molar-refractivity contribution in [3.63, 3.8) is 0 Å². The van der Waals surface area contributed by atoms with Gasteiger partial charge in [0.2, 0.25) is 0 Å². The predicted octanol–water partition coefficient (Wildman–Crippen LogP) is 3.47. The molecule has 1 amide bonds. The van der Waals surface area contributed by atoms with E-state index >= 15 is 0 Å². The summed E-state index contributed by atoms with van der Waals surface area (Å²) in [6, 6.07) is 7.67. The molecule has 0 atom stereocenters. The van der Waals surface area contributed by atoms with Crippen molar-refractivity contribution < 1.29 is 14.0 Å². The van der Waals surface area contributed by atoms with Crippen LogP contribution in [0.3, 0.4) is 0 Å². The molecule has 24 heavy (non-hydrogen) atoms. The second kappa shape index (κ2) is 7.01. The highest BCUT2D eigenvalue weighted by molar-refractivity contribution is 6.07. The molecule has 5 nitrogen and oxygen atoms in total. The van der Waals surface area contributed by atoms with E-state index in [1.54, 1.807) is 6.92 Å². The summed E-state index contributed by atoms with van der Waals surface area (Å²) in [6.45, 7) is 5.35. The Labute approximate surface area is 141 Å². The van der Waals surface area contributed by atoms with Crippen molar-refractivity contribution in [1.29, 1.82) is 0 Å². The summed E-state index contributed by atoms with van der Waals surface area (Å²) in [6.07, 6.45) is 2.03. The normalized spacial score (nSPS) is 13.7. The molecular formula is C19H22N2O3. The summed E-state index contributed by atoms with van der Waals surface area (Å²) in [7, 11) is 0. The van der Waals surface area contributed by atoms with Crippen LogP contribution in [0.5, 0.6) is 0 Å². The molecule has 1 aliphatic rings. The van der Waals surface area contributed by atoms with Crippen molar-refractivity contribution in [2.45, 2.75) is 39.7 Å². The first-order chi connectivity index (χ1) is 11.6. The second-order valence-corrected chi connectivity index (χ2v) is 6.02. The van der Waals surface area contributed by atoms with Crippen molar-refractivity contribution in [2.75, 3.05) is 11.9 Å². The van der Waals surface area contributed by atoms with Crippen LogP contribution >= 0.6 is 0 Å². The van der Waals surface area contributed by atoms with Crippen molar-refractivity contribution in [2.24, 2.45) is 0 Å². The summed E-state index contributed by atoms with van der Waals surface area (Å²) in [5, 5.41) is 6.17. The number of ketones is 1. The van der Waals surface area contributed by atoms with E-state index in [0.29, 0.717) is 36.3 Å². The Kier molecular flexibility index (Phi) is 4.81. The van der Waals surface area contributed by atoms with Gasteiger partial charge in [-0.1, -0.05) is 25.1 Å². The molecule has 1 aromatic heterocycles. The van der Waals surface area contributed by atoms with Crippen LogP contribution in [0.4, 0.5) is 5.69 Å². The van der Waals surface area contributed by atoms with Crippen molar-refractivity contribution in [3.05, 3.63) is 52.5 Å². The van der Waals surface area contributed by atoms with Gasteiger partial charge in [0.1, 0.15) is 5.76 Å². The van der Waals surface area contributed by atoms with Crippen molar-refractivity contribution in [3.8, 4) is 0 Å². The number of nitrogens with one attached hydrogen (secondary N) is 2. The van der Waals surface area contributed by atoms with Crippen LogP contribution in [-0.2, 0) is 13.0 Å². The first-order valence-electron chi connectivity index (χ1n) is 8.37. The number of amides is 1. The number of hydrogen-bond donors (Lipinski definition) is 2. The summed E-state index contributed by atoms with van der Waals surface area (Å²) >= 11 is 0. The van der Waals surface area contributed by atoms with E-state index in [1.807, 2.05) is 31.2 Å². The fourth-order valence-electron chi connectivity index (χ4n) is 3.10. The van der Waals surface area contributed by atoms with E-state index in [0.717, 1.165) is 24.2 Å². The van der Waals surface area contributed by atoms with Crippen molar-refractivity contribution >= 4 is 17.4 Å². The Morgan fingerprint density at radius 3 is 2.79 bits per heavy atom. The quantitative estimate of drug-likeness (QED) is 0.882. The molecule has 2 N–H and O–H groups in total. The molecule has 0 unspecified atom stereocenters. The first kappa shape index (κ1) is 16.5. The summed E-state index contributed by atoms with van der Waals surface area (Å²) in [4.78, 5) is 24.7.